The molecule has 10 atom stereocenters. The fraction of sp³-hybridized carbons (Fsp3) is 0.311. The molecule has 71 heavy (non-hydrogen) atoms. The second-order valence-electron chi connectivity index (χ2n) is 17.9. The monoisotopic (exact) mass is 956 g/mol. The zero-order valence-electron chi connectivity index (χ0n) is 40.2. The van der Waals surface area contributed by atoms with Gasteiger partial charge >= 0.3 is 0 Å². The predicted molar refractivity (Wildman–Crippen MR) is 270 cm³/mol. The van der Waals surface area contributed by atoms with Crippen LogP contribution in [0.2, 0.25) is 0 Å². The molecule has 2 aliphatic rings. The maximum atomic E-state index is 7.09. The third-order valence-electron chi connectivity index (χ3n) is 12.7. The van der Waals surface area contributed by atoms with Gasteiger partial charge in [-0.1, -0.05) is 212 Å². The van der Waals surface area contributed by atoms with E-state index in [1.807, 2.05) is 195 Å². The number of hydrogen-bond donors (Lipinski definition) is 0. The van der Waals surface area contributed by atoms with E-state index in [4.69, 9.17) is 47.4 Å². The van der Waals surface area contributed by atoms with E-state index in [0.717, 1.165) is 38.9 Å². The van der Waals surface area contributed by atoms with Gasteiger partial charge in [-0.15, -0.1) is 0 Å². The molecule has 0 aromatic heterocycles. The van der Waals surface area contributed by atoms with E-state index in [2.05, 4.69) is 24.3 Å². The molecule has 0 spiro atoms. The molecule has 0 saturated carbocycles. The van der Waals surface area contributed by atoms with Crippen LogP contribution in [0.25, 0.3) is 0 Å². The van der Waals surface area contributed by atoms with Crippen LogP contribution in [0.4, 0.5) is 0 Å². The minimum absolute atomic E-state index is 0.0186. The van der Waals surface area contributed by atoms with E-state index >= 15 is 0 Å². The summed E-state index contributed by atoms with van der Waals surface area (Å²) in [6, 6.07) is 70.6. The molecule has 2 aliphatic heterocycles. The largest absolute Gasteiger partial charge is 0.368 e. The van der Waals surface area contributed by atoms with Crippen LogP contribution in [0.3, 0.4) is 0 Å². The highest BCUT2D eigenvalue weighted by Gasteiger charge is 2.51. The van der Waals surface area contributed by atoms with E-state index in [9.17, 15) is 0 Å². The fourth-order valence-corrected chi connectivity index (χ4v) is 8.96. The van der Waals surface area contributed by atoms with Crippen LogP contribution in [0.5, 0.6) is 0 Å². The molecule has 10 heteroatoms. The minimum atomic E-state index is -0.913. The first-order chi connectivity index (χ1) is 35.1. The maximum absolute atomic E-state index is 7.09. The minimum Gasteiger partial charge on any atom is -0.368 e. The molecule has 0 unspecified atom stereocenters. The van der Waals surface area contributed by atoms with Crippen LogP contribution in [-0.2, 0) is 93.6 Å². The van der Waals surface area contributed by atoms with Gasteiger partial charge in [-0.2, -0.15) is 0 Å². The molecule has 2 heterocycles. The fourth-order valence-electron chi connectivity index (χ4n) is 8.96. The molecule has 7 aromatic carbocycles. The second-order valence-corrected chi connectivity index (χ2v) is 17.9. The highest BCUT2D eigenvalue weighted by molar-refractivity contribution is 5.19. The first-order valence-corrected chi connectivity index (χ1v) is 24.6. The number of ether oxygens (including phenoxy) is 10. The molecular weight excluding hydrogens is 893 g/mol. The molecule has 7 aromatic rings. The Hall–Kier alpha value is -5.86. The molecule has 2 fully saturated rings. The highest BCUT2D eigenvalue weighted by atomic mass is 16.7. The van der Waals surface area contributed by atoms with Crippen LogP contribution in [-0.4, -0.2) is 68.0 Å². The van der Waals surface area contributed by atoms with Crippen molar-refractivity contribution in [1.82, 2.24) is 0 Å². The first-order valence-electron chi connectivity index (χ1n) is 24.6. The SMILES string of the molecule is C[C@H]1O[C@@H](OC[C@H]2O[C@@H](OCc3ccccc3)[C@H](OCc3ccccc3)[C@@H](OCc3ccccc3)[C@@H]2OCc2ccccc2)[C@H](OCc2ccccc2)[C@@H](OCc2ccccc2)[C@H]1OCc1ccccc1. The van der Waals surface area contributed by atoms with Crippen LogP contribution >= 0.6 is 0 Å². The molecule has 10 nitrogen and oxygen atoms in total. The Morgan fingerprint density at radius 3 is 0.859 bits per heavy atom. The van der Waals surface area contributed by atoms with Crippen molar-refractivity contribution in [3.05, 3.63) is 251 Å². The summed E-state index contributed by atoms with van der Waals surface area (Å²) in [5, 5.41) is 0. The quantitative estimate of drug-likeness (QED) is 0.0583. The summed E-state index contributed by atoms with van der Waals surface area (Å²) < 4.78 is 69.1. The third-order valence-corrected chi connectivity index (χ3v) is 12.7. The summed E-state index contributed by atoms with van der Waals surface area (Å²) in [5.74, 6) is 0. The topological polar surface area (TPSA) is 92.3 Å². The van der Waals surface area contributed by atoms with Crippen molar-refractivity contribution in [2.24, 2.45) is 0 Å². The van der Waals surface area contributed by atoms with E-state index < -0.39 is 61.4 Å². The van der Waals surface area contributed by atoms with Gasteiger partial charge in [0.2, 0.25) is 0 Å². The summed E-state index contributed by atoms with van der Waals surface area (Å²) >= 11 is 0. The van der Waals surface area contributed by atoms with Gasteiger partial charge in [-0.05, 0) is 45.9 Å². The van der Waals surface area contributed by atoms with Crippen molar-refractivity contribution in [3.8, 4) is 0 Å². The molecule has 2 saturated heterocycles. The Kier molecular flexibility index (Phi) is 18.7. The predicted octanol–water partition coefficient (Wildman–Crippen LogP) is 11.2. The van der Waals surface area contributed by atoms with Gasteiger partial charge in [0.1, 0.15) is 42.7 Å². The number of benzene rings is 7. The van der Waals surface area contributed by atoms with Gasteiger partial charge in [0, 0.05) is 0 Å². The van der Waals surface area contributed by atoms with Gasteiger partial charge < -0.3 is 47.4 Å². The van der Waals surface area contributed by atoms with E-state index in [-0.39, 0.29) is 26.4 Å². The molecule has 0 aliphatic carbocycles. The molecule has 0 amide bonds. The van der Waals surface area contributed by atoms with Crippen molar-refractivity contribution in [2.45, 2.75) is 115 Å². The van der Waals surface area contributed by atoms with Gasteiger partial charge in [0.15, 0.2) is 12.6 Å². The van der Waals surface area contributed by atoms with E-state index in [1.54, 1.807) is 0 Å². The molecule has 9 rings (SSSR count). The Morgan fingerprint density at radius 1 is 0.268 bits per heavy atom. The van der Waals surface area contributed by atoms with E-state index in [0.29, 0.717) is 26.4 Å². The lowest BCUT2D eigenvalue weighted by Gasteiger charge is -2.47. The van der Waals surface area contributed by atoms with Gasteiger partial charge in [0.25, 0.3) is 0 Å². The zero-order chi connectivity index (χ0) is 48.3. The van der Waals surface area contributed by atoms with Gasteiger partial charge in [0.05, 0.1) is 59.0 Å². The Morgan fingerprint density at radius 2 is 0.521 bits per heavy atom. The summed E-state index contributed by atoms with van der Waals surface area (Å²) in [5.41, 5.74) is 7.05. The first kappa shape index (κ1) is 50.1. The van der Waals surface area contributed by atoms with Crippen molar-refractivity contribution in [2.75, 3.05) is 6.61 Å². The lowest BCUT2D eigenvalue weighted by atomic mass is 9.97. The van der Waals surface area contributed by atoms with Crippen LogP contribution in [0, 0.1) is 0 Å². The van der Waals surface area contributed by atoms with Crippen molar-refractivity contribution >= 4 is 0 Å². The van der Waals surface area contributed by atoms with Crippen molar-refractivity contribution < 1.29 is 47.4 Å². The van der Waals surface area contributed by atoms with Gasteiger partial charge in [-0.25, -0.2) is 0 Å². The smallest absolute Gasteiger partial charge is 0.187 e. The van der Waals surface area contributed by atoms with Crippen LogP contribution in [0.15, 0.2) is 212 Å². The Balaban J connectivity index is 1.04. The molecule has 368 valence electrons. The summed E-state index contributed by atoms with van der Waals surface area (Å²) in [7, 11) is 0. The van der Waals surface area contributed by atoms with Crippen LogP contribution < -0.4 is 0 Å². The van der Waals surface area contributed by atoms with E-state index in [1.165, 1.54) is 0 Å². The van der Waals surface area contributed by atoms with Crippen LogP contribution in [0.1, 0.15) is 45.9 Å². The van der Waals surface area contributed by atoms with Crippen molar-refractivity contribution in [1.29, 1.82) is 0 Å². The van der Waals surface area contributed by atoms with Gasteiger partial charge in [-0.3, -0.25) is 0 Å². The molecule has 0 radical (unpaired) electrons. The lowest BCUT2D eigenvalue weighted by Crippen LogP contribution is -2.63. The summed E-state index contributed by atoms with van der Waals surface area (Å²) in [6.45, 7) is 4.14. The van der Waals surface area contributed by atoms with Crippen molar-refractivity contribution in [3.63, 3.8) is 0 Å². The normalized spacial score (nSPS) is 24.4. The number of hydrogen-bond acceptors (Lipinski definition) is 10. The maximum Gasteiger partial charge on any atom is 0.187 e. The molecular formula is C61H64O10. The Bertz CT molecular complexity index is 2530. The summed E-state index contributed by atoms with van der Waals surface area (Å²) in [4.78, 5) is 0. The average molecular weight is 957 g/mol. The third kappa shape index (κ3) is 14.6. The average Bonchev–Trinajstić information content (AvgIpc) is 3.43. The molecule has 0 bridgehead atoms. The number of rotatable bonds is 24. The zero-order valence-corrected chi connectivity index (χ0v) is 40.2. The lowest BCUT2D eigenvalue weighted by molar-refractivity contribution is -0.351. The highest BCUT2D eigenvalue weighted by Crippen LogP contribution is 2.35. The molecule has 0 N–H and O–H groups in total. The Labute approximate surface area is 418 Å². The summed E-state index contributed by atoms with van der Waals surface area (Å²) in [6.07, 6.45) is -6.95. The standard InChI is InChI=1S/C61H64O10/c1-45-54(62-37-46-23-9-2-10-24-46)56(64-39-48-27-13-4-14-28-48)58(66-41-50-31-17-6-18-32-50)60(70-45)69-44-53-55(63-38-47-25-11-3-12-26-47)57(65-40-49-29-15-5-16-30-49)59(67-42-51-33-19-7-20-34-51)61(71-53)68-43-52-35-21-8-22-36-52/h2-36,45,53-61H,37-44H2,1H3/t45-,53-,54+,55-,56+,57+,58-,59-,60-,61-/m1/s1. The second kappa shape index (κ2) is 26.5.